The fourth-order valence-electron chi connectivity index (χ4n) is 7.91. The van der Waals surface area contributed by atoms with Crippen LogP contribution < -0.4 is 10.6 Å². The highest BCUT2D eigenvalue weighted by molar-refractivity contribution is 8.00. The molecule has 22 heteroatoms. The second-order valence-corrected chi connectivity index (χ2v) is 24.6. The molecule has 7 rings (SSSR count). The van der Waals surface area contributed by atoms with E-state index in [0.29, 0.717) is 75.8 Å². The molecule has 2 aromatic heterocycles. The number of benzene rings is 4. The molecule has 0 unspecified atom stereocenters. The summed E-state index contributed by atoms with van der Waals surface area (Å²) < 4.78 is 68.4. The summed E-state index contributed by atoms with van der Waals surface area (Å²) in [5.41, 5.74) is 2.92. The van der Waals surface area contributed by atoms with Gasteiger partial charge in [-0.05, 0) is 122 Å². The van der Waals surface area contributed by atoms with Gasteiger partial charge in [0, 0.05) is 69.9 Å². The quantitative estimate of drug-likeness (QED) is 0.0643. The molecule has 6 aromatic rings. The van der Waals surface area contributed by atoms with Crippen molar-refractivity contribution in [2.45, 2.75) is 93.4 Å². The van der Waals surface area contributed by atoms with Crippen LogP contribution in [0.1, 0.15) is 73.1 Å². The van der Waals surface area contributed by atoms with E-state index in [1.807, 2.05) is 13.8 Å². The lowest BCUT2D eigenvalue weighted by Crippen LogP contribution is -2.41. The molecule has 1 aliphatic heterocycles. The minimum atomic E-state index is -3.68. The van der Waals surface area contributed by atoms with E-state index in [2.05, 4.69) is 51.8 Å². The van der Waals surface area contributed by atoms with Crippen LogP contribution in [0.25, 0.3) is 34.0 Å². The van der Waals surface area contributed by atoms with E-state index in [9.17, 15) is 26.4 Å². The number of unbranched alkanes of at least 4 members (excludes halogenated alkanes) is 2. The largest absolute Gasteiger partial charge is 0.411 e. The second-order valence-electron chi connectivity index (χ2n) is 18.0. The summed E-state index contributed by atoms with van der Waals surface area (Å²) >= 11 is 15.0. The Hall–Kier alpha value is -4.80. The van der Waals surface area contributed by atoms with Crippen LogP contribution in [0.3, 0.4) is 0 Å². The Morgan fingerprint density at radius 1 is 0.676 bits per heavy atom. The van der Waals surface area contributed by atoms with Gasteiger partial charge in [0.25, 0.3) is 10.4 Å². The number of nitrogens with one attached hydrogen (secondary N) is 2. The van der Waals surface area contributed by atoms with E-state index < -0.39 is 31.9 Å². The Morgan fingerprint density at radius 3 is 1.54 bits per heavy atom. The van der Waals surface area contributed by atoms with Gasteiger partial charge in [0.05, 0.1) is 21.3 Å². The van der Waals surface area contributed by atoms with Crippen molar-refractivity contribution in [1.29, 1.82) is 0 Å². The molecule has 16 nitrogen and oxygen atoms in total. The molecule has 0 saturated carbocycles. The van der Waals surface area contributed by atoms with Gasteiger partial charge in [0.1, 0.15) is 0 Å². The first kappa shape index (κ1) is 54.0. The van der Waals surface area contributed by atoms with Crippen LogP contribution in [0.15, 0.2) is 114 Å². The third-order valence-electron chi connectivity index (χ3n) is 11.9. The first-order chi connectivity index (χ1) is 33.8. The number of anilines is 2. The first-order valence-corrected chi connectivity index (χ1v) is 28.8. The standard InChI is InChI=1S/C49H56Cl2N8O8S4/c1-6-8-24-58(25-9-7-2)70(62,63)37-16-10-32(11-17-37)45-54-56-47(66-45)68-30-43(60)52-41-20-14-35(50)28-39(41)40-29-36(51)15-21-42(40)53-44(61)31-69-48-57-55-46(67-48)33-12-18-38(19-13-33)71(64,65)59-26-22-34(23-27-59)49(3,4)5/h10-21,28-29,34H,6-9,22-27,30-31H2,1-5H3,(H,52,60)(H,53,61). The highest BCUT2D eigenvalue weighted by atomic mass is 35.5. The van der Waals surface area contributed by atoms with Gasteiger partial charge >= 0.3 is 0 Å². The van der Waals surface area contributed by atoms with E-state index in [1.165, 1.54) is 28.6 Å². The summed E-state index contributed by atoms with van der Waals surface area (Å²) in [6.45, 7) is 12.5. The number of piperidine rings is 1. The van der Waals surface area contributed by atoms with E-state index >= 15 is 0 Å². The number of thioether (sulfide) groups is 2. The molecule has 0 aliphatic carbocycles. The Balaban J connectivity index is 0.944. The van der Waals surface area contributed by atoms with Gasteiger partial charge in [0.2, 0.25) is 43.6 Å². The molecule has 0 spiro atoms. The lowest BCUT2D eigenvalue weighted by molar-refractivity contribution is -0.114. The zero-order valence-corrected chi connectivity index (χ0v) is 44.8. The maximum atomic E-state index is 13.4. The van der Waals surface area contributed by atoms with Crippen LogP contribution in [0.4, 0.5) is 11.4 Å². The second kappa shape index (κ2) is 23.8. The number of nitrogens with zero attached hydrogens (tertiary/aromatic N) is 6. The lowest BCUT2D eigenvalue weighted by atomic mass is 9.76. The molecular weight excluding hydrogens is 1030 g/mol. The third-order valence-corrected chi connectivity index (χ3v) is 17.9. The average molecular weight is 1080 g/mol. The molecule has 0 radical (unpaired) electrons. The normalized spacial score (nSPS) is 14.0. The molecule has 378 valence electrons. The molecule has 1 fully saturated rings. The zero-order valence-electron chi connectivity index (χ0n) is 40.0. The molecule has 0 atom stereocenters. The van der Waals surface area contributed by atoms with E-state index in [4.69, 9.17) is 32.0 Å². The van der Waals surface area contributed by atoms with Gasteiger partial charge in [-0.3, -0.25) is 9.59 Å². The van der Waals surface area contributed by atoms with Crippen LogP contribution in [0, 0.1) is 11.3 Å². The fraction of sp³-hybridized carbons (Fsp3) is 0.388. The summed E-state index contributed by atoms with van der Waals surface area (Å²) in [4.78, 5) is 27.1. The molecule has 1 aliphatic rings. The number of hydrogen-bond donors (Lipinski definition) is 2. The summed E-state index contributed by atoms with van der Waals surface area (Å²) in [5.74, 6) is -0.221. The van der Waals surface area contributed by atoms with Gasteiger partial charge in [-0.25, -0.2) is 16.8 Å². The zero-order chi connectivity index (χ0) is 50.9. The van der Waals surface area contributed by atoms with Gasteiger partial charge in [-0.1, -0.05) is 94.2 Å². The number of amides is 2. The van der Waals surface area contributed by atoms with Crippen LogP contribution in [0.5, 0.6) is 0 Å². The molecular formula is C49H56Cl2N8O8S4. The molecule has 4 aromatic carbocycles. The van der Waals surface area contributed by atoms with E-state index in [-0.39, 0.29) is 48.9 Å². The number of rotatable bonds is 21. The van der Waals surface area contributed by atoms with Gasteiger partial charge in [0.15, 0.2) is 0 Å². The Labute approximate surface area is 433 Å². The predicted molar refractivity (Wildman–Crippen MR) is 280 cm³/mol. The molecule has 1 saturated heterocycles. The van der Waals surface area contributed by atoms with Gasteiger partial charge < -0.3 is 19.5 Å². The molecule has 0 bridgehead atoms. The number of halogens is 2. The number of hydrogen-bond acceptors (Lipinski definition) is 14. The molecule has 2 amide bonds. The summed E-state index contributed by atoms with van der Waals surface area (Å²) in [6, 6.07) is 22.4. The minimum Gasteiger partial charge on any atom is -0.411 e. The van der Waals surface area contributed by atoms with E-state index in [0.717, 1.165) is 62.0 Å². The van der Waals surface area contributed by atoms with Crippen LogP contribution in [-0.4, -0.2) is 95.3 Å². The minimum absolute atomic E-state index is 0.106. The van der Waals surface area contributed by atoms with E-state index in [1.54, 1.807) is 65.0 Å². The Bertz CT molecular complexity index is 3020. The highest BCUT2D eigenvalue weighted by Crippen LogP contribution is 2.39. The van der Waals surface area contributed by atoms with Crippen molar-refractivity contribution < 1.29 is 35.3 Å². The van der Waals surface area contributed by atoms with Crippen LogP contribution in [0.2, 0.25) is 10.0 Å². The monoisotopic (exact) mass is 1080 g/mol. The topological polar surface area (TPSA) is 211 Å². The Morgan fingerprint density at radius 2 is 1.11 bits per heavy atom. The average Bonchev–Trinajstić information content (AvgIpc) is 4.04. The predicted octanol–water partition coefficient (Wildman–Crippen LogP) is 11.3. The number of aromatic nitrogens is 4. The van der Waals surface area contributed by atoms with Crippen molar-refractivity contribution in [1.82, 2.24) is 29.0 Å². The van der Waals surface area contributed by atoms with Crippen molar-refractivity contribution in [3.63, 3.8) is 0 Å². The lowest BCUT2D eigenvalue weighted by Gasteiger charge is -2.38. The van der Waals surface area contributed by atoms with Gasteiger partial charge in [-0.15, -0.1) is 20.4 Å². The summed E-state index contributed by atoms with van der Waals surface area (Å²) in [5, 5.41) is 23.2. The molecule has 2 N–H and O–H groups in total. The van der Waals surface area contributed by atoms with Crippen molar-refractivity contribution in [3.8, 4) is 34.0 Å². The van der Waals surface area contributed by atoms with Gasteiger partial charge in [-0.2, -0.15) is 8.61 Å². The van der Waals surface area contributed by atoms with Crippen molar-refractivity contribution in [2.75, 3.05) is 48.3 Å². The number of sulfonamides is 2. The van der Waals surface area contributed by atoms with Crippen molar-refractivity contribution >= 4 is 90.0 Å². The summed E-state index contributed by atoms with van der Waals surface area (Å²) in [6.07, 6.45) is 4.94. The highest BCUT2D eigenvalue weighted by Gasteiger charge is 2.34. The summed E-state index contributed by atoms with van der Waals surface area (Å²) in [7, 11) is -7.34. The Kier molecular flexibility index (Phi) is 18.1. The molecule has 71 heavy (non-hydrogen) atoms. The maximum absolute atomic E-state index is 13.4. The van der Waals surface area contributed by atoms with Crippen molar-refractivity contribution in [2.24, 2.45) is 11.3 Å². The number of carbonyl (C=O) groups excluding carboxylic acids is 2. The smallest absolute Gasteiger partial charge is 0.277 e. The third kappa shape index (κ3) is 13.8. The van der Waals surface area contributed by atoms with Crippen molar-refractivity contribution in [3.05, 3.63) is 95.0 Å². The maximum Gasteiger partial charge on any atom is 0.277 e. The SMILES string of the molecule is CCCCN(CCCC)S(=O)(=O)c1ccc(-c2nnc(SCC(=O)Nc3ccc(Cl)cc3-c3cc(Cl)ccc3NC(=O)CSc3nnc(-c4ccc(S(=O)(=O)N5CCC(C(C)(C)C)CC5)cc4)o3)o2)cc1. The van der Waals surface area contributed by atoms with Crippen LogP contribution >= 0.6 is 46.7 Å². The number of carbonyl (C=O) groups is 2. The first-order valence-electron chi connectivity index (χ1n) is 23.2. The molecule has 3 heterocycles. The van der Waals surface area contributed by atoms with Crippen LogP contribution in [-0.2, 0) is 29.6 Å². The fourth-order valence-corrected chi connectivity index (χ4v) is 12.4.